The van der Waals surface area contributed by atoms with E-state index in [1.807, 2.05) is 22.6 Å². The second-order valence-electron chi connectivity index (χ2n) is 4.93. The Bertz CT molecular complexity index is 443. The molecule has 98 valence electrons. The molecule has 1 aliphatic rings. The average Bonchev–Trinajstić information content (AvgIpc) is 2.81. The average molecular weight is 361 g/mol. The number of carbonyl (C=O) groups is 1. The monoisotopic (exact) mass is 361 g/mol. The summed E-state index contributed by atoms with van der Waals surface area (Å²) < 4.78 is 13.6. The minimum atomic E-state index is -0.306. The zero-order valence-corrected chi connectivity index (χ0v) is 12.5. The lowest BCUT2D eigenvalue weighted by Gasteiger charge is -2.20. The van der Waals surface area contributed by atoms with Crippen molar-refractivity contribution in [2.75, 3.05) is 0 Å². The molecular formula is C14H17FINO. The molecule has 0 saturated heterocycles. The summed E-state index contributed by atoms with van der Waals surface area (Å²) >= 11 is 2.00. The van der Waals surface area contributed by atoms with Gasteiger partial charge in [0.15, 0.2) is 0 Å². The molecule has 1 amide bonds. The van der Waals surface area contributed by atoms with E-state index in [0.717, 1.165) is 0 Å². The van der Waals surface area contributed by atoms with E-state index in [-0.39, 0.29) is 17.8 Å². The molecule has 0 heterocycles. The van der Waals surface area contributed by atoms with Gasteiger partial charge in [-0.1, -0.05) is 12.8 Å². The molecule has 4 heteroatoms. The third-order valence-corrected chi connectivity index (χ3v) is 4.53. The minimum Gasteiger partial charge on any atom is -0.349 e. The van der Waals surface area contributed by atoms with Crippen LogP contribution in [-0.4, -0.2) is 11.9 Å². The Hall–Kier alpha value is -0.650. The Labute approximate surface area is 120 Å². The number of carbonyl (C=O) groups excluding carboxylic acids is 1. The van der Waals surface area contributed by atoms with E-state index in [4.69, 9.17) is 0 Å². The molecule has 18 heavy (non-hydrogen) atoms. The maximum absolute atomic E-state index is 13.0. The van der Waals surface area contributed by atoms with Crippen LogP contribution < -0.4 is 5.32 Å². The molecule has 0 bridgehead atoms. The fourth-order valence-corrected chi connectivity index (χ4v) is 3.26. The molecule has 1 atom stereocenters. The van der Waals surface area contributed by atoms with Crippen LogP contribution in [0.3, 0.4) is 0 Å². The fraction of sp³-hybridized carbons (Fsp3) is 0.500. The molecule has 1 aromatic carbocycles. The van der Waals surface area contributed by atoms with E-state index in [0.29, 0.717) is 15.1 Å². The van der Waals surface area contributed by atoms with Crippen LogP contribution in [0.5, 0.6) is 0 Å². The van der Waals surface area contributed by atoms with E-state index in [1.165, 1.54) is 37.8 Å². The lowest BCUT2D eigenvalue weighted by molar-refractivity contribution is 0.0926. The molecule has 1 aliphatic carbocycles. The number of rotatable bonds is 3. The molecule has 2 rings (SSSR count). The lowest BCUT2D eigenvalue weighted by Crippen LogP contribution is -2.37. The molecule has 0 radical (unpaired) electrons. The van der Waals surface area contributed by atoms with E-state index < -0.39 is 0 Å². The Morgan fingerprint density at radius 3 is 2.72 bits per heavy atom. The minimum absolute atomic E-state index is 0.0983. The van der Waals surface area contributed by atoms with Gasteiger partial charge in [-0.25, -0.2) is 4.39 Å². The Morgan fingerprint density at radius 2 is 2.11 bits per heavy atom. The predicted octanol–water partition coefficient (Wildman–Crippen LogP) is 3.74. The number of halogens is 2. The van der Waals surface area contributed by atoms with Crippen molar-refractivity contribution in [1.29, 1.82) is 0 Å². The Balaban J connectivity index is 2.02. The van der Waals surface area contributed by atoms with Crippen LogP contribution in [0.1, 0.15) is 43.0 Å². The van der Waals surface area contributed by atoms with Gasteiger partial charge in [0.25, 0.3) is 5.91 Å². The first kappa shape index (κ1) is 13.8. The summed E-state index contributed by atoms with van der Waals surface area (Å²) in [5.41, 5.74) is 0.557. The lowest BCUT2D eigenvalue weighted by atomic mass is 9.99. The highest BCUT2D eigenvalue weighted by atomic mass is 127. The highest BCUT2D eigenvalue weighted by Gasteiger charge is 2.23. The van der Waals surface area contributed by atoms with Gasteiger partial charge >= 0.3 is 0 Å². The van der Waals surface area contributed by atoms with Crippen molar-refractivity contribution >= 4 is 28.5 Å². The number of hydrogen-bond donors (Lipinski definition) is 1. The number of hydrogen-bond acceptors (Lipinski definition) is 1. The highest BCUT2D eigenvalue weighted by Crippen LogP contribution is 2.27. The van der Waals surface area contributed by atoms with Crippen LogP contribution in [-0.2, 0) is 0 Å². The molecule has 2 nitrogen and oxygen atoms in total. The van der Waals surface area contributed by atoms with E-state index in [2.05, 4.69) is 12.2 Å². The normalized spacial score (nSPS) is 17.7. The zero-order valence-electron chi connectivity index (χ0n) is 10.4. The van der Waals surface area contributed by atoms with Crippen LogP contribution in [0.4, 0.5) is 4.39 Å². The van der Waals surface area contributed by atoms with Gasteiger partial charge in [0.05, 0.1) is 5.56 Å². The van der Waals surface area contributed by atoms with E-state index >= 15 is 0 Å². The third kappa shape index (κ3) is 3.22. The number of benzene rings is 1. The first-order valence-corrected chi connectivity index (χ1v) is 7.41. The SMILES string of the molecule is CC(NC(=O)c1ccc(F)cc1I)C1CCCC1. The second-order valence-corrected chi connectivity index (χ2v) is 6.09. The molecule has 1 aromatic rings. The predicted molar refractivity (Wildman–Crippen MR) is 78.0 cm³/mol. The topological polar surface area (TPSA) is 29.1 Å². The van der Waals surface area contributed by atoms with Crippen LogP contribution in [0, 0.1) is 15.3 Å². The number of nitrogens with one attached hydrogen (secondary N) is 1. The van der Waals surface area contributed by atoms with E-state index in [9.17, 15) is 9.18 Å². The molecule has 1 N–H and O–H groups in total. The van der Waals surface area contributed by atoms with Gasteiger partial charge in [0.1, 0.15) is 5.82 Å². The Kier molecular flexibility index (Phi) is 4.59. The standard InChI is InChI=1S/C14H17FINO/c1-9(10-4-2-3-5-10)17-14(18)12-7-6-11(15)8-13(12)16/h6-10H,2-5H2,1H3,(H,17,18). The summed E-state index contributed by atoms with van der Waals surface area (Å²) in [6.45, 7) is 2.06. The van der Waals surface area contributed by atoms with Crippen molar-refractivity contribution in [3.63, 3.8) is 0 Å². The quantitative estimate of drug-likeness (QED) is 0.817. The van der Waals surface area contributed by atoms with Crippen molar-refractivity contribution in [1.82, 2.24) is 5.32 Å². The summed E-state index contributed by atoms with van der Waals surface area (Å²) in [6, 6.07) is 4.46. The summed E-state index contributed by atoms with van der Waals surface area (Å²) in [6.07, 6.45) is 4.92. The van der Waals surface area contributed by atoms with Gasteiger partial charge in [-0.2, -0.15) is 0 Å². The molecule has 0 aliphatic heterocycles. The first-order chi connectivity index (χ1) is 8.58. The molecule has 1 unspecified atom stereocenters. The van der Waals surface area contributed by atoms with Crippen molar-refractivity contribution in [2.24, 2.45) is 5.92 Å². The van der Waals surface area contributed by atoms with Crippen molar-refractivity contribution in [2.45, 2.75) is 38.6 Å². The van der Waals surface area contributed by atoms with Gasteiger partial charge in [0.2, 0.25) is 0 Å². The maximum atomic E-state index is 13.0. The van der Waals surface area contributed by atoms with Crippen molar-refractivity contribution in [3.05, 3.63) is 33.1 Å². The largest absolute Gasteiger partial charge is 0.349 e. The van der Waals surface area contributed by atoms with Crippen molar-refractivity contribution in [3.8, 4) is 0 Å². The second kappa shape index (κ2) is 5.99. The first-order valence-electron chi connectivity index (χ1n) is 6.34. The molecule has 0 aromatic heterocycles. The van der Waals surface area contributed by atoms with Gasteiger partial charge < -0.3 is 5.32 Å². The van der Waals surface area contributed by atoms with Crippen LogP contribution in [0.25, 0.3) is 0 Å². The van der Waals surface area contributed by atoms with Crippen LogP contribution in [0.15, 0.2) is 18.2 Å². The molecular weight excluding hydrogens is 344 g/mol. The van der Waals surface area contributed by atoms with Gasteiger partial charge in [0, 0.05) is 9.61 Å². The third-order valence-electron chi connectivity index (χ3n) is 3.64. The van der Waals surface area contributed by atoms with E-state index in [1.54, 1.807) is 6.07 Å². The fourth-order valence-electron chi connectivity index (χ4n) is 2.53. The summed E-state index contributed by atoms with van der Waals surface area (Å²) in [5, 5.41) is 3.03. The van der Waals surface area contributed by atoms with Crippen LogP contribution in [0.2, 0.25) is 0 Å². The molecule has 1 fully saturated rings. The highest BCUT2D eigenvalue weighted by molar-refractivity contribution is 14.1. The van der Waals surface area contributed by atoms with Crippen molar-refractivity contribution < 1.29 is 9.18 Å². The van der Waals surface area contributed by atoms with Gasteiger partial charge in [-0.15, -0.1) is 0 Å². The maximum Gasteiger partial charge on any atom is 0.252 e. The smallest absolute Gasteiger partial charge is 0.252 e. The Morgan fingerprint density at radius 1 is 1.44 bits per heavy atom. The molecule has 0 spiro atoms. The van der Waals surface area contributed by atoms with Gasteiger partial charge in [-0.05, 0) is 66.5 Å². The van der Waals surface area contributed by atoms with Gasteiger partial charge in [-0.3, -0.25) is 4.79 Å². The summed E-state index contributed by atoms with van der Waals surface area (Å²) in [7, 11) is 0. The van der Waals surface area contributed by atoms with Crippen LogP contribution >= 0.6 is 22.6 Å². The zero-order chi connectivity index (χ0) is 13.1. The molecule has 1 saturated carbocycles. The number of amides is 1. The summed E-state index contributed by atoms with van der Waals surface area (Å²) in [5.74, 6) is 0.186. The summed E-state index contributed by atoms with van der Waals surface area (Å²) in [4.78, 5) is 12.1.